The van der Waals surface area contributed by atoms with E-state index in [1.54, 1.807) is 27.2 Å². The van der Waals surface area contributed by atoms with E-state index in [4.69, 9.17) is 15.0 Å². The van der Waals surface area contributed by atoms with E-state index in [9.17, 15) is 5.11 Å². The Hall–Kier alpha value is -4.15. The Bertz CT molecular complexity index is 1410. The van der Waals surface area contributed by atoms with Crippen molar-refractivity contribution in [2.75, 3.05) is 43.1 Å². The van der Waals surface area contributed by atoms with Crippen LogP contribution in [0.4, 0.5) is 11.5 Å². The molecule has 1 aliphatic heterocycles. The summed E-state index contributed by atoms with van der Waals surface area (Å²) in [7, 11) is 1.71. The fraction of sp³-hybridized carbons (Fsp3) is 0.276. The van der Waals surface area contributed by atoms with Crippen LogP contribution in [0.25, 0.3) is 22.0 Å². The first-order valence-electron chi connectivity index (χ1n) is 12.0. The molecule has 2 aromatic heterocycles. The van der Waals surface area contributed by atoms with Gasteiger partial charge in [0.2, 0.25) is 0 Å². The van der Waals surface area contributed by atoms with Crippen LogP contribution in [0.1, 0.15) is 25.0 Å². The average molecular weight is 480 g/mol. The molecule has 0 spiro atoms. The van der Waals surface area contributed by atoms with Crippen molar-refractivity contribution >= 4 is 22.4 Å². The number of nitrogens with zero attached hydrogens (tertiary/aromatic N) is 5. The number of methoxy groups -OCH3 is 1. The van der Waals surface area contributed by atoms with Gasteiger partial charge in [-0.05, 0) is 43.7 Å². The van der Waals surface area contributed by atoms with E-state index in [0.717, 1.165) is 71.0 Å². The van der Waals surface area contributed by atoms with Crippen LogP contribution in [0.2, 0.25) is 0 Å². The van der Waals surface area contributed by atoms with Crippen LogP contribution in [0.15, 0.2) is 67.0 Å². The number of aliphatic hydroxyl groups is 1. The third kappa shape index (κ3) is 4.43. The number of hydrogen-bond donors (Lipinski definition) is 1. The Balaban J connectivity index is 1.39. The van der Waals surface area contributed by atoms with Gasteiger partial charge in [-0.3, -0.25) is 4.98 Å². The second-order valence-corrected chi connectivity index (χ2v) is 9.51. The molecule has 0 aliphatic carbocycles. The largest absolute Gasteiger partial charge is 0.494 e. The number of hydrogen-bond acceptors (Lipinski definition) is 7. The zero-order valence-electron chi connectivity index (χ0n) is 20.8. The summed E-state index contributed by atoms with van der Waals surface area (Å²) in [5, 5.41) is 20.3. The SMILES string of the molecule is COc1c(N2CCN(c3ccc(C(C)(C)O)cn3)CC2)cnc2c(-c3ccc(C#N)cc3)cccc12. The summed E-state index contributed by atoms with van der Waals surface area (Å²) in [6.07, 6.45) is 3.66. The van der Waals surface area contributed by atoms with Crippen LogP contribution in [0.5, 0.6) is 5.75 Å². The van der Waals surface area contributed by atoms with Crippen molar-refractivity contribution in [1.82, 2.24) is 9.97 Å². The van der Waals surface area contributed by atoms with Gasteiger partial charge in [-0.1, -0.05) is 30.3 Å². The number of aromatic nitrogens is 2. The summed E-state index contributed by atoms with van der Waals surface area (Å²) < 4.78 is 5.92. The van der Waals surface area contributed by atoms with Crippen LogP contribution in [-0.4, -0.2) is 48.4 Å². The van der Waals surface area contributed by atoms with Gasteiger partial charge in [-0.2, -0.15) is 5.26 Å². The molecule has 7 nitrogen and oxygen atoms in total. The smallest absolute Gasteiger partial charge is 0.153 e. The fourth-order valence-corrected chi connectivity index (χ4v) is 4.70. The number of pyridine rings is 2. The first-order valence-corrected chi connectivity index (χ1v) is 12.0. The molecule has 2 aromatic carbocycles. The zero-order valence-corrected chi connectivity index (χ0v) is 20.8. The van der Waals surface area contributed by atoms with Gasteiger partial charge >= 0.3 is 0 Å². The van der Waals surface area contributed by atoms with Gasteiger partial charge in [-0.15, -0.1) is 0 Å². The lowest BCUT2D eigenvalue weighted by atomic mass is 10.00. The quantitative estimate of drug-likeness (QED) is 0.443. The predicted molar refractivity (Wildman–Crippen MR) is 142 cm³/mol. The van der Waals surface area contributed by atoms with Crippen LogP contribution in [-0.2, 0) is 5.60 Å². The van der Waals surface area contributed by atoms with E-state index in [1.807, 2.05) is 60.8 Å². The second kappa shape index (κ2) is 9.48. The molecule has 0 amide bonds. The normalized spacial score (nSPS) is 14.1. The maximum Gasteiger partial charge on any atom is 0.153 e. The molecule has 36 heavy (non-hydrogen) atoms. The number of nitriles is 1. The van der Waals surface area contributed by atoms with Crippen LogP contribution in [0.3, 0.4) is 0 Å². The number of fused-ring (bicyclic) bond motifs is 1. The third-order valence-corrected chi connectivity index (χ3v) is 6.76. The second-order valence-electron chi connectivity index (χ2n) is 9.51. The van der Waals surface area contributed by atoms with E-state index < -0.39 is 5.60 Å². The van der Waals surface area contributed by atoms with E-state index in [2.05, 4.69) is 20.9 Å². The van der Waals surface area contributed by atoms with Gasteiger partial charge < -0.3 is 19.6 Å². The highest BCUT2D eigenvalue weighted by molar-refractivity contribution is 5.99. The van der Waals surface area contributed by atoms with Gasteiger partial charge in [0.25, 0.3) is 0 Å². The highest BCUT2D eigenvalue weighted by Gasteiger charge is 2.24. The molecular weight excluding hydrogens is 450 g/mol. The molecule has 1 fully saturated rings. The number of benzene rings is 2. The molecule has 1 aliphatic rings. The van der Waals surface area contributed by atoms with Gasteiger partial charge in [0.15, 0.2) is 5.75 Å². The minimum Gasteiger partial charge on any atom is -0.494 e. The molecule has 1 saturated heterocycles. The van der Waals surface area contributed by atoms with E-state index in [1.165, 1.54) is 0 Å². The molecule has 0 radical (unpaired) electrons. The number of anilines is 2. The summed E-state index contributed by atoms with van der Waals surface area (Å²) in [6.45, 7) is 6.80. The van der Waals surface area contributed by atoms with Crippen LogP contribution >= 0.6 is 0 Å². The highest BCUT2D eigenvalue weighted by Crippen LogP contribution is 2.39. The molecule has 0 atom stereocenters. The number of piperazine rings is 1. The molecule has 0 saturated carbocycles. The average Bonchev–Trinajstić information content (AvgIpc) is 2.92. The van der Waals surface area contributed by atoms with Crippen molar-refractivity contribution in [3.8, 4) is 22.9 Å². The van der Waals surface area contributed by atoms with Gasteiger partial charge in [0.05, 0.1) is 41.7 Å². The minimum atomic E-state index is -0.899. The standard InChI is InChI=1S/C29H29N5O2/c1-29(2,35)22-11-12-26(31-18-22)34-15-13-33(14-16-34)25-19-32-27-23(5-4-6-24(27)28(25)36-3)21-9-7-20(17-30)8-10-21/h4-12,18-19,35H,13-16H2,1-3H3. The summed E-state index contributed by atoms with van der Waals surface area (Å²) in [4.78, 5) is 14.0. The molecule has 1 N–H and O–H groups in total. The van der Waals surface area contributed by atoms with E-state index >= 15 is 0 Å². The Morgan fingerprint density at radius 1 is 0.917 bits per heavy atom. The minimum absolute atomic E-state index is 0.634. The predicted octanol–water partition coefficient (Wildman–Crippen LogP) is 4.73. The van der Waals surface area contributed by atoms with Gasteiger partial charge in [-0.25, -0.2) is 4.98 Å². The van der Waals surface area contributed by atoms with Crippen molar-refractivity contribution in [2.24, 2.45) is 0 Å². The summed E-state index contributed by atoms with van der Waals surface area (Å²) in [6, 6.07) is 19.8. The topological polar surface area (TPSA) is 85.5 Å². The monoisotopic (exact) mass is 479 g/mol. The fourth-order valence-electron chi connectivity index (χ4n) is 4.70. The lowest BCUT2D eigenvalue weighted by molar-refractivity contribution is 0.0782. The maximum absolute atomic E-state index is 10.2. The molecule has 7 heteroatoms. The summed E-state index contributed by atoms with van der Waals surface area (Å²) in [5.41, 5.74) is 4.41. The number of rotatable bonds is 5. The van der Waals surface area contributed by atoms with E-state index in [-0.39, 0.29) is 0 Å². The van der Waals surface area contributed by atoms with E-state index in [0.29, 0.717) is 5.56 Å². The molecule has 182 valence electrons. The Morgan fingerprint density at radius 2 is 1.64 bits per heavy atom. The van der Waals surface area contributed by atoms with Crippen LogP contribution in [0, 0.1) is 11.3 Å². The van der Waals surface area contributed by atoms with Gasteiger partial charge in [0, 0.05) is 48.9 Å². The zero-order chi connectivity index (χ0) is 25.3. The Labute approximate surface area is 211 Å². The lowest BCUT2D eigenvalue weighted by Crippen LogP contribution is -2.47. The van der Waals surface area contributed by atoms with Crippen LogP contribution < -0.4 is 14.5 Å². The molecule has 5 rings (SSSR count). The molecule has 4 aromatic rings. The van der Waals surface area contributed by atoms with Crippen molar-refractivity contribution in [3.63, 3.8) is 0 Å². The Kier molecular flexibility index (Phi) is 6.21. The summed E-state index contributed by atoms with van der Waals surface area (Å²) in [5.74, 6) is 1.73. The first kappa shape index (κ1) is 23.6. The summed E-state index contributed by atoms with van der Waals surface area (Å²) >= 11 is 0. The third-order valence-electron chi connectivity index (χ3n) is 6.76. The molecule has 0 unspecified atom stereocenters. The lowest BCUT2D eigenvalue weighted by Gasteiger charge is -2.37. The number of para-hydroxylation sites is 1. The molecule has 0 bridgehead atoms. The van der Waals surface area contributed by atoms with Crippen molar-refractivity contribution in [3.05, 3.63) is 78.1 Å². The molecule has 3 heterocycles. The first-order chi connectivity index (χ1) is 17.4. The molecular formula is C29H29N5O2. The number of ether oxygens (including phenoxy) is 1. The highest BCUT2D eigenvalue weighted by atomic mass is 16.5. The maximum atomic E-state index is 10.2. The van der Waals surface area contributed by atoms with Crippen molar-refractivity contribution in [2.45, 2.75) is 19.4 Å². The van der Waals surface area contributed by atoms with Crippen molar-refractivity contribution < 1.29 is 9.84 Å². The Morgan fingerprint density at radius 3 is 2.25 bits per heavy atom. The van der Waals surface area contributed by atoms with Crippen molar-refractivity contribution in [1.29, 1.82) is 5.26 Å². The van der Waals surface area contributed by atoms with Gasteiger partial charge in [0.1, 0.15) is 5.82 Å².